The van der Waals surface area contributed by atoms with Crippen molar-refractivity contribution in [1.82, 2.24) is 4.90 Å². The third kappa shape index (κ3) is 2.28. The lowest BCUT2D eigenvalue weighted by Gasteiger charge is -2.28. The van der Waals surface area contributed by atoms with Crippen molar-refractivity contribution in [2.75, 3.05) is 13.1 Å². The van der Waals surface area contributed by atoms with Gasteiger partial charge in [-0.3, -0.25) is 4.79 Å². The van der Waals surface area contributed by atoms with Crippen molar-refractivity contribution in [3.05, 3.63) is 0 Å². The summed E-state index contributed by atoms with van der Waals surface area (Å²) in [7, 11) is 0. The molecule has 0 aromatic heterocycles. The lowest BCUT2D eigenvalue weighted by molar-refractivity contribution is -0.136. The van der Waals surface area contributed by atoms with Crippen molar-refractivity contribution in [3.63, 3.8) is 0 Å². The van der Waals surface area contributed by atoms with E-state index in [9.17, 15) is 4.79 Å². The van der Waals surface area contributed by atoms with Gasteiger partial charge in [0.25, 0.3) is 0 Å². The first-order valence-corrected chi connectivity index (χ1v) is 5.70. The maximum Gasteiger partial charge on any atom is 0.235 e. The molecule has 1 aliphatic heterocycles. The van der Waals surface area contributed by atoms with E-state index in [1.54, 1.807) is 13.8 Å². The number of amides is 1. The minimum absolute atomic E-state index is 0.0301. The lowest BCUT2D eigenvalue weighted by atomic mass is 9.90. The van der Waals surface area contributed by atoms with E-state index in [2.05, 4.69) is 12.1 Å². The molecule has 1 aliphatic rings. The first-order valence-electron chi connectivity index (χ1n) is 5.70. The fourth-order valence-electron chi connectivity index (χ4n) is 1.98. The number of nitrogens with zero attached hydrogens (tertiary/aromatic N) is 2. The van der Waals surface area contributed by atoms with Gasteiger partial charge in [0.05, 0.1) is 0 Å². The Balaban J connectivity index is 2.72. The Morgan fingerprint density at radius 2 is 2.25 bits per heavy atom. The first-order chi connectivity index (χ1) is 7.43. The minimum atomic E-state index is -0.919. The van der Waals surface area contributed by atoms with Gasteiger partial charge >= 0.3 is 0 Å². The summed E-state index contributed by atoms with van der Waals surface area (Å²) in [5, 5.41) is 11.6. The predicted octanol–water partition coefficient (Wildman–Crippen LogP) is 1.02. The number of rotatable bonds is 3. The van der Waals surface area contributed by atoms with Gasteiger partial charge in [0.2, 0.25) is 5.91 Å². The van der Waals surface area contributed by atoms with Gasteiger partial charge in [-0.2, -0.15) is 0 Å². The molecular weight excluding hydrogens is 206 g/mol. The molecule has 0 bridgehead atoms. The van der Waals surface area contributed by atoms with Crippen molar-refractivity contribution in [2.45, 2.75) is 33.6 Å². The molecule has 5 heteroatoms. The van der Waals surface area contributed by atoms with E-state index in [1.807, 2.05) is 4.90 Å². The lowest BCUT2D eigenvalue weighted by Crippen LogP contribution is -2.47. The van der Waals surface area contributed by atoms with E-state index >= 15 is 0 Å². The number of carbonyl (C=O) groups is 1. The quantitative estimate of drug-likeness (QED) is 0.327. The molecule has 1 atom stereocenters. The van der Waals surface area contributed by atoms with E-state index in [4.69, 9.17) is 10.9 Å². The van der Waals surface area contributed by atoms with Gasteiger partial charge in [0.15, 0.2) is 5.84 Å². The van der Waals surface area contributed by atoms with Gasteiger partial charge in [-0.15, -0.1) is 0 Å². The molecule has 0 saturated carbocycles. The standard InChI is InChI=1S/C11H21N3O2/c1-4-8-5-6-14(7-8)10(15)11(2,3)9(12)13-16/h8,16H,4-7H2,1-3H3,(H2,12,13). The third-order valence-corrected chi connectivity index (χ3v) is 3.43. The molecule has 16 heavy (non-hydrogen) atoms. The zero-order valence-electron chi connectivity index (χ0n) is 10.2. The number of amidine groups is 1. The van der Waals surface area contributed by atoms with E-state index in [1.165, 1.54) is 0 Å². The van der Waals surface area contributed by atoms with Crippen LogP contribution in [0.1, 0.15) is 33.6 Å². The molecule has 1 rings (SSSR count). The van der Waals surface area contributed by atoms with Gasteiger partial charge in [0.1, 0.15) is 5.41 Å². The largest absolute Gasteiger partial charge is 0.409 e. The van der Waals surface area contributed by atoms with Crippen LogP contribution in [-0.2, 0) is 4.79 Å². The second-order valence-corrected chi connectivity index (χ2v) is 4.92. The zero-order valence-corrected chi connectivity index (χ0v) is 10.2. The second kappa shape index (κ2) is 4.72. The molecule has 1 amide bonds. The van der Waals surface area contributed by atoms with E-state index in [0.717, 1.165) is 25.9 Å². The van der Waals surface area contributed by atoms with Crippen molar-refractivity contribution in [1.29, 1.82) is 0 Å². The smallest absolute Gasteiger partial charge is 0.235 e. The average Bonchev–Trinajstić information content (AvgIpc) is 2.75. The maximum atomic E-state index is 12.2. The summed E-state index contributed by atoms with van der Waals surface area (Å²) >= 11 is 0. The second-order valence-electron chi connectivity index (χ2n) is 4.92. The Morgan fingerprint density at radius 3 is 2.69 bits per heavy atom. The topological polar surface area (TPSA) is 78.9 Å². The third-order valence-electron chi connectivity index (χ3n) is 3.43. The highest BCUT2D eigenvalue weighted by atomic mass is 16.4. The van der Waals surface area contributed by atoms with E-state index < -0.39 is 5.41 Å². The Kier molecular flexibility index (Phi) is 3.78. The molecule has 0 aromatic carbocycles. The van der Waals surface area contributed by atoms with Crippen LogP contribution in [0.3, 0.4) is 0 Å². The fraction of sp³-hybridized carbons (Fsp3) is 0.818. The summed E-state index contributed by atoms with van der Waals surface area (Å²) in [6.45, 7) is 7.07. The van der Waals surface area contributed by atoms with Crippen molar-refractivity contribution >= 4 is 11.7 Å². The van der Waals surface area contributed by atoms with Crippen LogP contribution in [0.25, 0.3) is 0 Å². The highest BCUT2D eigenvalue weighted by Gasteiger charge is 2.38. The Hall–Kier alpha value is -1.26. The Labute approximate surface area is 96.3 Å². The number of hydrogen-bond donors (Lipinski definition) is 2. The van der Waals surface area contributed by atoms with Crippen molar-refractivity contribution in [3.8, 4) is 0 Å². The van der Waals surface area contributed by atoms with Crippen LogP contribution < -0.4 is 5.73 Å². The summed E-state index contributed by atoms with van der Waals surface area (Å²) in [4.78, 5) is 14.0. The van der Waals surface area contributed by atoms with Gasteiger partial charge < -0.3 is 15.8 Å². The number of nitrogens with two attached hydrogens (primary N) is 1. The Morgan fingerprint density at radius 1 is 1.62 bits per heavy atom. The molecule has 3 N–H and O–H groups in total. The van der Waals surface area contributed by atoms with Crippen LogP contribution in [0.2, 0.25) is 0 Å². The van der Waals surface area contributed by atoms with Crippen molar-refractivity contribution in [2.24, 2.45) is 22.2 Å². The van der Waals surface area contributed by atoms with Crippen LogP contribution in [0, 0.1) is 11.3 Å². The fourth-order valence-corrected chi connectivity index (χ4v) is 1.98. The Bertz CT molecular complexity index is 300. The van der Waals surface area contributed by atoms with E-state index in [0.29, 0.717) is 5.92 Å². The summed E-state index contributed by atoms with van der Waals surface area (Å²) < 4.78 is 0. The van der Waals surface area contributed by atoms with Gasteiger partial charge in [-0.25, -0.2) is 0 Å². The van der Waals surface area contributed by atoms with Crippen LogP contribution in [0.5, 0.6) is 0 Å². The summed E-state index contributed by atoms with van der Waals surface area (Å²) in [6.07, 6.45) is 2.14. The molecule has 1 fully saturated rings. The monoisotopic (exact) mass is 227 g/mol. The molecule has 0 radical (unpaired) electrons. The highest BCUT2D eigenvalue weighted by molar-refractivity contribution is 6.05. The molecule has 5 nitrogen and oxygen atoms in total. The number of carbonyl (C=O) groups excluding carboxylic acids is 1. The van der Waals surface area contributed by atoms with Gasteiger partial charge in [0, 0.05) is 13.1 Å². The van der Waals surface area contributed by atoms with Crippen LogP contribution in [0.4, 0.5) is 0 Å². The molecule has 1 unspecified atom stereocenters. The normalized spacial score (nSPS) is 22.6. The van der Waals surface area contributed by atoms with Crippen molar-refractivity contribution < 1.29 is 10.0 Å². The van der Waals surface area contributed by atoms with Crippen LogP contribution >= 0.6 is 0 Å². The summed E-state index contributed by atoms with van der Waals surface area (Å²) in [6, 6.07) is 0. The van der Waals surface area contributed by atoms with Gasteiger partial charge in [-0.05, 0) is 26.2 Å². The molecule has 0 aliphatic carbocycles. The summed E-state index contributed by atoms with van der Waals surface area (Å²) in [5.41, 5.74) is 4.62. The number of oxime groups is 1. The minimum Gasteiger partial charge on any atom is -0.409 e. The summed E-state index contributed by atoms with van der Waals surface area (Å²) in [5.74, 6) is 0.503. The SMILES string of the molecule is CCC1CCN(C(=O)C(C)(C)C(N)=NO)C1. The number of hydrogen-bond acceptors (Lipinski definition) is 3. The maximum absolute atomic E-state index is 12.2. The van der Waals surface area contributed by atoms with Gasteiger partial charge in [-0.1, -0.05) is 18.5 Å². The molecular formula is C11H21N3O2. The van der Waals surface area contributed by atoms with Crippen LogP contribution in [-0.4, -0.2) is 34.9 Å². The highest BCUT2D eigenvalue weighted by Crippen LogP contribution is 2.25. The van der Waals surface area contributed by atoms with E-state index in [-0.39, 0.29) is 11.7 Å². The molecule has 0 aromatic rings. The molecule has 92 valence electrons. The molecule has 1 saturated heterocycles. The van der Waals surface area contributed by atoms with Crippen LogP contribution in [0.15, 0.2) is 5.16 Å². The molecule has 0 spiro atoms. The zero-order chi connectivity index (χ0) is 12.3. The number of likely N-dealkylation sites (tertiary alicyclic amines) is 1. The predicted molar refractivity (Wildman–Crippen MR) is 62.2 cm³/mol. The first kappa shape index (κ1) is 12.8. The average molecular weight is 227 g/mol. The molecule has 1 heterocycles.